The van der Waals surface area contributed by atoms with Crippen molar-refractivity contribution in [2.75, 3.05) is 105 Å². The van der Waals surface area contributed by atoms with E-state index >= 15 is 0 Å². The molecule has 1 amide bonds. The summed E-state index contributed by atoms with van der Waals surface area (Å²) in [5, 5.41) is 37.7. The molecule has 0 spiro atoms. The van der Waals surface area contributed by atoms with Gasteiger partial charge in [-0.1, -0.05) is 145 Å². The molecule has 3 aliphatic heterocycles. The number of hydrogen-bond donors (Lipinski definition) is 3. The Morgan fingerprint density at radius 1 is 0.449 bits per heavy atom. The largest absolute Gasteiger partial charge is 0.396 e. The van der Waals surface area contributed by atoms with Gasteiger partial charge in [0.25, 0.3) is 0 Å². The number of amides is 1. The molecule has 0 atom stereocenters. The second kappa shape index (κ2) is 40.5. The first-order valence-electron chi connectivity index (χ1n) is 47.0. The molecule has 7 aliphatic rings. The highest BCUT2D eigenvalue weighted by Crippen LogP contribution is 2.49. The third-order valence-corrected chi connectivity index (χ3v) is 27.5. The highest BCUT2D eigenvalue weighted by Gasteiger charge is 2.44. The van der Waals surface area contributed by atoms with Gasteiger partial charge in [-0.05, 0) is 126 Å². The molecule has 138 heavy (non-hydrogen) atoms. The number of carbonyl (C=O) groups is 9. The summed E-state index contributed by atoms with van der Waals surface area (Å²) in [4.78, 5) is 124. The first-order valence-corrected chi connectivity index (χ1v) is 47.8. The lowest BCUT2D eigenvalue weighted by Crippen LogP contribution is -2.31. The van der Waals surface area contributed by atoms with Gasteiger partial charge in [-0.2, -0.15) is 10.2 Å². The number of ether oxygens (including phenoxy) is 3. The number of ketones is 8. The molecule has 0 unspecified atom stereocenters. The molecular weight excluding hydrogens is 1790 g/mol. The molecule has 1 fully saturated rings. The molecule has 3 N–H and O–H groups in total. The number of para-hydroxylation sites is 6. The molecule has 22 rings (SSSR count). The van der Waals surface area contributed by atoms with E-state index in [0.717, 1.165) is 171 Å². The second-order valence-electron chi connectivity index (χ2n) is 35.8. The van der Waals surface area contributed by atoms with Gasteiger partial charge in [0.05, 0.1) is 98.7 Å². The number of aliphatic hydroxyl groups is 2. The third-order valence-electron chi connectivity index (χ3n) is 27.0. The normalized spacial score (nSPS) is 16.6. The van der Waals surface area contributed by atoms with Crippen molar-refractivity contribution in [2.45, 2.75) is 104 Å². The van der Waals surface area contributed by atoms with E-state index in [2.05, 4.69) is 108 Å². The lowest BCUT2D eigenvalue weighted by molar-refractivity contribution is -0.122. The number of hydrogen-bond acceptors (Lipinski definition) is 19. The number of benzene rings is 8. The molecule has 15 aromatic rings. The van der Waals surface area contributed by atoms with Crippen LogP contribution in [0.2, 0.25) is 10.0 Å². The van der Waals surface area contributed by atoms with E-state index in [9.17, 15) is 48.3 Å². The molecule has 704 valence electrons. The van der Waals surface area contributed by atoms with Crippen LogP contribution in [0.25, 0.3) is 115 Å². The quantitative estimate of drug-likeness (QED) is 0.0672. The van der Waals surface area contributed by atoms with Gasteiger partial charge in [-0.3, -0.25) is 57.4 Å². The Morgan fingerprint density at radius 2 is 0.942 bits per heavy atom. The minimum atomic E-state index is -0.319. The first kappa shape index (κ1) is 93.3. The van der Waals surface area contributed by atoms with Crippen molar-refractivity contribution >= 4 is 196 Å². The Bertz CT molecular complexity index is 7580. The number of halogens is 2. The number of Topliss-reactive ketones (excluding diaryl/α,β-unsaturated/α-hetero) is 8. The Balaban J connectivity index is 0.000000118. The van der Waals surface area contributed by atoms with Crippen molar-refractivity contribution in [2.24, 2.45) is 7.05 Å². The summed E-state index contributed by atoms with van der Waals surface area (Å²) in [7, 11) is 6.02. The van der Waals surface area contributed by atoms with Crippen molar-refractivity contribution in [3.8, 4) is 0 Å². The Hall–Kier alpha value is -13.7. The molecule has 8 aromatic carbocycles. The lowest BCUT2D eigenvalue weighted by atomic mass is 9.95. The van der Waals surface area contributed by atoms with Gasteiger partial charge in [0.15, 0.2) is 46.3 Å². The first-order chi connectivity index (χ1) is 67.2. The van der Waals surface area contributed by atoms with Crippen LogP contribution in [0.15, 0.2) is 219 Å². The summed E-state index contributed by atoms with van der Waals surface area (Å²) < 4.78 is 31.4. The van der Waals surface area contributed by atoms with Crippen LogP contribution in [0.4, 0.5) is 5.69 Å². The monoisotopic (exact) mass is 1890 g/mol. The van der Waals surface area contributed by atoms with Crippen molar-refractivity contribution in [3.63, 3.8) is 0 Å². The molecule has 7 aromatic heterocycles. The maximum absolute atomic E-state index is 13.4. The maximum Gasteiger partial charge on any atom is 0.241 e. The van der Waals surface area contributed by atoms with Gasteiger partial charge in [0, 0.05) is 240 Å². The fourth-order valence-corrected chi connectivity index (χ4v) is 21.0. The lowest BCUT2D eigenvalue weighted by Gasteiger charge is -2.31. The molecule has 4 bridgehead atoms. The number of allylic oxidation sites excluding steroid dienone is 8. The average molecular weight is 1890 g/mol. The minimum absolute atomic E-state index is 0.0561. The zero-order chi connectivity index (χ0) is 95.7. The van der Waals surface area contributed by atoms with Gasteiger partial charge in [-0.15, -0.1) is 0 Å². The molecule has 10 heterocycles. The summed E-state index contributed by atoms with van der Waals surface area (Å²) in [6, 6.07) is 60.8. The number of aliphatic hydroxyl groups excluding tert-OH is 2. The number of carbonyl (C=O) groups excluding carboxylic acids is 9. The summed E-state index contributed by atoms with van der Waals surface area (Å²) in [5.74, 6) is -1.67. The van der Waals surface area contributed by atoms with Gasteiger partial charge < -0.3 is 62.4 Å². The van der Waals surface area contributed by atoms with E-state index in [1.165, 1.54) is 4.68 Å². The minimum Gasteiger partial charge on any atom is -0.396 e. The van der Waals surface area contributed by atoms with Gasteiger partial charge in [0.1, 0.15) is 17.9 Å². The van der Waals surface area contributed by atoms with E-state index in [0.29, 0.717) is 130 Å². The number of rotatable bonds is 18. The van der Waals surface area contributed by atoms with Crippen LogP contribution < -0.4 is 10.2 Å². The molecule has 27 nitrogen and oxygen atoms in total. The number of aromatic nitrogens is 9. The number of nitrogens with one attached hydrogen (secondary N) is 1. The van der Waals surface area contributed by atoms with Crippen molar-refractivity contribution < 1.29 is 67.6 Å². The average Bonchev–Trinajstić information content (AvgIpc) is 1.54. The smallest absolute Gasteiger partial charge is 0.241 e. The van der Waals surface area contributed by atoms with Crippen LogP contribution in [0, 0.1) is 0 Å². The SMILES string of the molecule is CCN1CCOCCOCCn2cc(c3ccccc32)C2=C(C(=O)CC2=O)c2cn(c3ccccc23)CC1.CN(C)CCCn1c2c(c3ccccc31)C1=C(C(=O)CC1=O)N(c1cccc(Cl)c1)C2.Cn1cc(C2=C(c3nn(CC(=O)NCCO)c4ccccc34)C(=O)CC2=O)c2cc(Cl)ccc21.O=C1CC(=O)C(c2nn(CCCO)c3ccccc23)=C1c1cn(C2CCOCC2)c2ccccc12. The van der Waals surface area contributed by atoms with Crippen LogP contribution in [0.5, 0.6) is 0 Å². The molecular formula is C109H105Cl2N13O14. The van der Waals surface area contributed by atoms with E-state index < -0.39 is 0 Å². The van der Waals surface area contributed by atoms with E-state index in [1.807, 2.05) is 173 Å². The molecule has 0 radical (unpaired) electrons. The number of aryl methyl sites for hydroxylation is 3. The summed E-state index contributed by atoms with van der Waals surface area (Å²) in [6.45, 7) is 12.8. The number of likely N-dealkylation sites (N-methyl/N-ethyl adjacent to an activating group) is 1. The highest BCUT2D eigenvalue weighted by atomic mass is 35.5. The summed E-state index contributed by atoms with van der Waals surface area (Å²) >= 11 is 12.5. The summed E-state index contributed by atoms with van der Waals surface area (Å²) in [6.07, 6.45) is 10.8. The fraction of sp³-hybridized carbons (Fsp3) is 0.294. The Labute approximate surface area is 805 Å². The molecule has 4 aliphatic carbocycles. The number of nitrogens with zero attached hydrogens (tertiary/aromatic N) is 12. The zero-order valence-electron chi connectivity index (χ0n) is 77.3. The van der Waals surface area contributed by atoms with Gasteiger partial charge in [-0.25, -0.2) is 0 Å². The van der Waals surface area contributed by atoms with E-state index in [-0.39, 0.29) is 116 Å². The van der Waals surface area contributed by atoms with Crippen molar-refractivity contribution in [1.82, 2.24) is 57.5 Å². The van der Waals surface area contributed by atoms with Crippen LogP contribution in [0.1, 0.15) is 109 Å². The van der Waals surface area contributed by atoms with Crippen LogP contribution in [-0.2, 0) is 104 Å². The van der Waals surface area contributed by atoms with E-state index in [1.54, 1.807) is 12.1 Å². The predicted molar refractivity (Wildman–Crippen MR) is 536 cm³/mol. The molecule has 1 saturated heterocycles. The van der Waals surface area contributed by atoms with E-state index in [4.69, 9.17) is 47.6 Å². The Kier molecular flexibility index (Phi) is 27.4. The van der Waals surface area contributed by atoms with Crippen molar-refractivity contribution in [3.05, 3.63) is 273 Å². The summed E-state index contributed by atoms with van der Waals surface area (Å²) in [5.41, 5.74) is 17.2. The predicted octanol–water partition coefficient (Wildman–Crippen LogP) is 15.9. The second-order valence-corrected chi connectivity index (χ2v) is 36.7. The standard InChI is InChI=1S/C31H33N3O4.C28H27N3O4.C25H21ClN4O4.C25H24ClN3O2/c1-2-32-11-12-33-20-24(22-7-3-5-9-26(22)33)30-28(35)19-29(36)31(30)25-21-34(27-10-6-4-8-23(25)27)14-16-38-18-17-37-15-13-32;32-13-5-12-31-23-9-4-2-7-20(23)28(29-31)27-25(34)16-24(33)26(27)21-17-30(18-10-14-35-15-11-18)22-8-3-1-6-19(21)22;1-29-12-17(16-10-14(26)6-7-18(16)29)23-20(32)11-21(33)24(23)25-15-4-2-3-5-19(15)30(28-25)13-22(34)27-8-9-31;1-27(2)11-6-12-28-19-10-4-3-9-18(19)23-20(28)15-29(17-8-5-7-16(26)13-17)25-22(31)14-21(30)24(23)25/h3-10,20-21H,2,11-19H2,1H3;1-4,6-9,17-18,32H,5,10-16H2;2-7,10,12,31H,8-9,11,13H2,1H3,(H,27,34);3-5,7-10,13H,6,11-12,14-15H2,1-2H3. The number of fused-ring (bicyclic) bond motifs is 20. The third kappa shape index (κ3) is 18.1. The Morgan fingerprint density at radius 3 is 1.54 bits per heavy atom. The van der Waals surface area contributed by atoms with Crippen LogP contribution in [0.3, 0.4) is 0 Å². The molecule has 0 saturated carbocycles. The highest BCUT2D eigenvalue weighted by molar-refractivity contribution is 6.54. The van der Waals surface area contributed by atoms with Crippen LogP contribution in [-0.4, -0.2) is 214 Å². The topological polar surface area (TPSA) is 304 Å². The van der Waals surface area contributed by atoms with Gasteiger partial charge in [0.2, 0.25) is 5.91 Å². The zero-order valence-corrected chi connectivity index (χ0v) is 78.8. The van der Waals surface area contributed by atoms with Crippen molar-refractivity contribution in [1.29, 1.82) is 0 Å². The van der Waals surface area contributed by atoms with Crippen LogP contribution >= 0.6 is 23.2 Å². The fourth-order valence-electron chi connectivity index (χ4n) is 20.6. The number of anilines is 1. The maximum atomic E-state index is 13.4. The van der Waals surface area contributed by atoms with Gasteiger partial charge >= 0.3 is 0 Å². The molecule has 29 heteroatoms.